The highest BCUT2D eigenvalue weighted by atomic mass is 32.2. The van der Waals surface area contributed by atoms with E-state index in [-0.39, 0.29) is 121 Å². The van der Waals surface area contributed by atoms with Crippen molar-refractivity contribution in [3.63, 3.8) is 0 Å². The summed E-state index contributed by atoms with van der Waals surface area (Å²) in [6.07, 6.45) is 1.53. The Kier molecular flexibility index (Phi) is 48.7. The number of rotatable bonds is 47. The molecule has 3 aliphatic rings. The Morgan fingerprint density at radius 2 is 0.953 bits per heavy atom. The average Bonchev–Trinajstić information content (AvgIpc) is 1.68. The molecule has 0 radical (unpaired) electrons. The van der Waals surface area contributed by atoms with Crippen LogP contribution in [-0.4, -0.2) is 290 Å². The smallest absolute Gasteiger partial charge is 0.404 e. The molecular weight excluding hydrogens is 1770 g/mol. The molecule has 2 aromatic carbocycles. The van der Waals surface area contributed by atoms with Gasteiger partial charge < -0.3 is 126 Å². The van der Waals surface area contributed by atoms with Gasteiger partial charge in [-0.2, -0.15) is 37.0 Å². The number of nitrogens with one attached hydrogen (secondary N) is 16. The van der Waals surface area contributed by atoms with Gasteiger partial charge in [0.25, 0.3) is 0 Å². The van der Waals surface area contributed by atoms with Crippen LogP contribution in [0.4, 0.5) is 4.79 Å². The highest BCUT2D eigenvalue weighted by Crippen LogP contribution is 2.38. The highest BCUT2D eigenvalue weighted by Gasteiger charge is 2.43. The quantitative estimate of drug-likeness (QED) is 0.0127. The zero-order valence-corrected chi connectivity index (χ0v) is 76.1. The zero-order chi connectivity index (χ0) is 95.3. The summed E-state index contributed by atoms with van der Waals surface area (Å²) in [6, 6.07) is -4.66. The number of carbonyl (C=O) groups excluding carboxylic acids is 18. The number of benzene rings is 2. The Bertz CT molecular complexity index is 4170. The van der Waals surface area contributed by atoms with Crippen molar-refractivity contribution in [3.8, 4) is 5.75 Å². The summed E-state index contributed by atoms with van der Waals surface area (Å²) in [5.41, 5.74) is 17.4. The summed E-state index contributed by atoms with van der Waals surface area (Å²) in [7, 11) is -5.05. The van der Waals surface area contributed by atoms with Gasteiger partial charge in [-0.05, 0) is 87.0 Å². The summed E-state index contributed by atoms with van der Waals surface area (Å²) >= 11 is 10.4. The number of amides is 19. The number of hydrogen-bond donors (Lipinski definition) is 23. The lowest BCUT2D eigenvalue weighted by Crippen LogP contribution is -2.62. The number of carbonyl (C=O) groups is 18. The minimum Gasteiger partial charge on any atom is -0.404 e. The van der Waals surface area contributed by atoms with Crippen LogP contribution >= 0.6 is 44.8 Å². The van der Waals surface area contributed by atoms with Gasteiger partial charge in [0.1, 0.15) is 85.4 Å². The molecule has 0 saturated carbocycles. The van der Waals surface area contributed by atoms with Gasteiger partial charge in [0, 0.05) is 67.8 Å². The molecule has 3 fully saturated rings. The van der Waals surface area contributed by atoms with Crippen LogP contribution in [0.1, 0.15) is 129 Å². The summed E-state index contributed by atoms with van der Waals surface area (Å²) < 4.78 is 38.0. The van der Waals surface area contributed by atoms with E-state index in [2.05, 4.69) is 115 Å². The fourth-order valence-corrected chi connectivity index (χ4v) is 15.8. The molecule has 3 saturated heterocycles. The van der Waals surface area contributed by atoms with Gasteiger partial charge in [0.05, 0.1) is 64.6 Å². The van der Waals surface area contributed by atoms with Gasteiger partial charge in [-0.3, -0.25) is 91.3 Å². The van der Waals surface area contributed by atoms with E-state index in [1.807, 2.05) is 11.8 Å². The molecule has 718 valence electrons. The minimum atomic E-state index is -5.05. The van der Waals surface area contributed by atoms with E-state index < -0.39 is 224 Å². The molecule has 5 rings (SSSR count). The van der Waals surface area contributed by atoms with Gasteiger partial charge >= 0.3 is 13.9 Å². The molecule has 2 aromatic rings. The number of phosphoric acid groups is 1. The molecule has 0 aliphatic carbocycles. The summed E-state index contributed by atoms with van der Waals surface area (Å²) in [5.74, 6) is -17.5. The fourth-order valence-electron chi connectivity index (χ4n) is 13.3. The first-order valence-corrected chi connectivity index (χ1v) is 46.2. The van der Waals surface area contributed by atoms with E-state index in [9.17, 15) is 101 Å². The minimum absolute atomic E-state index is 0.00992. The molecule has 129 heavy (non-hydrogen) atoms. The maximum absolute atomic E-state index is 14.5. The Hall–Kier alpha value is -10.5. The Morgan fingerprint density at radius 1 is 0.481 bits per heavy atom. The van der Waals surface area contributed by atoms with Crippen LogP contribution in [0.25, 0.3) is 0 Å². The van der Waals surface area contributed by atoms with E-state index in [0.29, 0.717) is 36.6 Å². The molecule has 49 heteroatoms. The third-order valence-electron chi connectivity index (χ3n) is 20.1. The molecule has 0 unspecified atom stereocenters. The van der Waals surface area contributed by atoms with Crippen molar-refractivity contribution >= 4 is 151 Å². The van der Waals surface area contributed by atoms with E-state index in [0.717, 1.165) is 43.6 Å². The predicted octanol–water partition coefficient (Wildman–Crippen LogP) is -5.41. The summed E-state index contributed by atoms with van der Waals surface area (Å²) in [5, 5.41) is 41.5. The van der Waals surface area contributed by atoms with Gasteiger partial charge in [-0.25, -0.2) is 9.36 Å². The van der Waals surface area contributed by atoms with Crippen LogP contribution < -0.4 is 107 Å². The fraction of sp³-hybridized carbons (Fsp3) is 0.625. The van der Waals surface area contributed by atoms with E-state index in [1.165, 1.54) is 32.9 Å². The number of thioether (sulfide) groups is 1. The third-order valence-corrected chi connectivity index (χ3v) is 22.8. The first-order chi connectivity index (χ1) is 61.2. The largest absolute Gasteiger partial charge is 0.524 e. The van der Waals surface area contributed by atoms with Crippen molar-refractivity contribution in [2.45, 2.75) is 215 Å². The van der Waals surface area contributed by atoms with Crippen molar-refractivity contribution < 1.29 is 124 Å². The van der Waals surface area contributed by atoms with Crippen molar-refractivity contribution in [2.75, 3.05) is 89.7 Å². The summed E-state index contributed by atoms with van der Waals surface area (Å²) in [6.45, 7) is 7.11. The number of urea groups is 1. The number of primary amides is 3. The Balaban J connectivity index is 1.19. The molecule has 0 aromatic heterocycles. The maximum atomic E-state index is 14.5. The first-order valence-electron chi connectivity index (χ1n) is 42.3. The van der Waals surface area contributed by atoms with Crippen LogP contribution in [0.15, 0.2) is 54.6 Å². The predicted molar refractivity (Wildman–Crippen MR) is 473 cm³/mol. The molecule has 0 bridgehead atoms. The van der Waals surface area contributed by atoms with E-state index in [4.69, 9.17) is 36.1 Å². The second-order valence-corrected chi connectivity index (χ2v) is 34.7. The van der Waals surface area contributed by atoms with Crippen molar-refractivity contribution in [2.24, 2.45) is 29.0 Å². The number of fused-ring (bicyclic) bond motifs is 1. The second kappa shape index (κ2) is 57.6. The first kappa shape index (κ1) is 109. The van der Waals surface area contributed by atoms with Gasteiger partial charge in [-0.1, -0.05) is 83.0 Å². The molecule has 24 N–H and O–H groups in total. The highest BCUT2D eigenvalue weighted by molar-refractivity contribution is 8.00. The molecule has 3 aliphatic heterocycles. The van der Waals surface area contributed by atoms with Crippen LogP contribution in [0.5, 0.6) is 5.75 Å². The van der Waals surface area contributed by atoms with Gasteiger partial charge in [0.2, 0.25) is 100 Å². The molecule has 14 atom stereocenters. The van der Waals surface area contributed by atoms with Crippen molar-refractivity contribution in [1.82, 2.24) is 85.1 Å². The molecule has 45 nitrogen and oxygen atoms in total. The second-order valence-electron chi connectivity index (χ2n) is 31.6. The van der Waals surface area contributed by atoms with Crippen LogP contribution in [0.3, 0.4) is 0 Å². The van der Waals surface area contributed by atoms with Crippen molar-refractivity contribution in [1.29, 1.82) is 0 Å². The van der Waals surface area contributed by atoms with Gasteiger partial charge in [-0.15, -0.1) is 0 Å². The van der Waals surface area contributed by atoms with Crippen LogP contribution in [0.2, 0.25) is 0 Å². The maximum Gasteiger partial charge on any atom is 0.524 e. The molecular formula is C80H124N19O26PS3. The number of phosphoric ester groups is 1. The Morgan fingerprint density at radius 3 is 1.50 bits per heavy atom. The lowest BCUT2D eigenvalue weighted by atomic mass is 9.99. The number of unbranched alkanes of at least 4 members (excludes halogenated alkanes) is 3. The Labute approximate surface area is 761 Å². The molecule has 3 heterocycles. The zero-order valence-electron chi connectivity index (χ0n) is 72.6. The lowest BCUT2D eigenvalue weighted by Gasteiger charge is -2.29. The molecule has 19 amide bonds. The lowest BCUT2D eigenvalue weighted by molar-refractivity contribution is -0.137. The van der Waals surface area contributed by atoms with E-state index >= 15 is 0 Å². The average molecular weight is 1900 g/mol. The number of hydrogen-bond acceptors (Lipinski definition) is 27. The topological polar surface area (TPSA) is 681 Å². The monoisotopic (exact) mass is 1890 g/mol. The third kappa shape index (κ3) is 42.3. The normalized spacial score (nSPS) is 22.8. The van der Waals surface area contributed by atoms with Gasteiger partial charge in [0.15, 0.2) is 0 Å². The molecule has 0 spiro atoms. The van der Waals surface area contributed by atoms with Crippen molar-refractivity contribution in [3.05, 3.63) is 65.7 Å². The van der Waals surface area contributed by atoms with Crippen LogP contribution in [-0.2, 0) is 118 Å². The van der Waals surface area contributed by atoms with Crippen LogP contribution in [0, 0.1) is 11.8 Å². The standard InChI is InChI=1S/C80H124N19O26PS3/c1-44(2)34-52-72(109)92-55(37-61(81)100)75(112)89-51(23-24-64(103)85-26-28-121-30-32-123-39-65(104)86-27-29-122-31-33-124-40-66(105)88-50(69(83)106)16-12-13-25-84-63(102)18-11-7-10-17-60-68-59(43-129-60)97-80(117)99-68)71(108)87-46(5)70(107)90-53(35-47-14-8-6-9-15-47)73(110)95-57(41-127)77(114)91-54(36-48-19-21-49(22-20-48)125-126(118,119)120)74(111)96-58(42-128)78(115)93-56(38-62(82)101)76(113)98-67(45(3)4)79(116)94-52/h6,8-9,14-15,19-22,44-46,50-60,67-68,127-128H,7,10-13,16-18,23-43H2,1-5H3,(H2,81,100)(H2,82,101)(H2,83,106)(H,84,102)(H,85,103)(H,86,104)(H,87,108)(H,88,105)(H,89,112)(H,90,107)(H,91,114)(H,92,109)(H,93,115)(H,94,116)(H,95,110)(H,96,111)(H,98,113)(H2,97,99,117)(H2,118,119,120)/t46-,50-,51-,52-,53-,54-,55-,56-,57-,58-,59-,60-,67-,68-/m0/s1. The SMILES string of the molecule is CC(C)C[C@@H]1NC(=O)[C@H](C(C)C)NC(=O)[C@H](CC(N)=O)NC(=O)[C@H](CS)NC(=O)[C@H](Cc2ccc(OP(=O)(O)O)cc2)NC(=O)[C@H](CS)NC(=O)[C@H](Cc2ccccc2)NC(=O)[C@H](C)NC(=O)[C@H](CCC(=O)NCCOCCOCC(=O)NCCOCCOCC(=O)N[C@@H](CCCCNC(=O)CCCCC[C@@H]2SC[C@@H]3NC(=O)N[C@@H]32)C(N)=O)NC(=O)[C@H](CC(N)=O)NC1=O. The summed E-state index contributed by atoms with van der Waals surface area (Å²) in [4.78, 5) is 263. The number of thiol groups is 2. The van der Waals surface area contributed by atoms with E-state index in [1.54, 1.807) is 44.2 Å². The number of nitrogens with two attached hydrogens (primary N) is 3. The number of ether oxygens (including phenoxy) is 4.